The Morgan fingerprint density at radius 1 is 1.31 bits per heavy atom. The minimum atomic E-state index is 0.250. The zero-order valence-electron chi connectivity index (χ0n) is 10.7. The number of nitrogens with one attached hydrogen (secondary N) is 1. The van der Waals surface area contributed by atoms with E-state index in [0.717, 1.165) is 6.54 Å². The van der Waals surface area contributed by atoms with Crippen LogP contribution >= 0.6 is 0 Å². The first-order valence-corrected chi connectivity index (χ1v) is 6.05. The van der Waals surface area contributed by atoms with Crippen LogP contribution in [0.4, 0.5) is 5.69 Å². The van der Waals surface area contributed by atoms with Gasteiger partial charge in [-0.15, -0.1) is 0 Å². The molecule has 1 aromatic rings. The summed E-state index contributed by atoms with van der Waals surface area (Å²) >= 11 is 0. The normalized spacial score (nSPS) is 23.8. The predicted molar refractivity (Wildman–Crippen MR) is 70.1 cm³/mol. The lowest BCUT2D eigenvalue weighted by Crippen LogP contribution is -2.38. The maximum atomic E-state index is 3.40. The Morgan fingerprint density at radius 3 is 2.56 bits per heavy atom. The van der Waals surface area contributed by atoms with E-state index in [1.54, 1.807) is 0 Å². The summed E-state index contributed by atoms with van der Waals surface area (Å²) in [5.74, 6) is 0. The average Bonchev–Trinajstić information content (AvgIpc) is 2.54. The summed E-state index contributed by atoms with van der Waals surface area (Å²) in [6, 6.07) is 9.27. The van der Waals surface area contributed by atoms with Gasteiger partial charge in [-0.3, -0.25) is 0 Å². The predicted octanol–water partition coefficient (Wildman–Crippen LogP) is 2.57. The Hall–Kier alpha value is -1.02. The van der Waals surface area contributed by atoms with Gasteiger partial charge in [-0.25, -0.2) is 0 Å². The van der Waals surface area contributed by atoms with E-state index in [0.29, 0.717) is 6.04 Å². The first-order valence-electron chi connectivity index (χ1n) is 6.05. The Balaban J connectivity index is 2.31. The largest absolute Gasteiger partial charge is 0.365 e. The molecular formula is C14H22N2. The third-order valence-electron chi connectivity index (χ3n) is 3.69. The van der Waals surface area contributed by atoms with Gasteiger partial charge in [-0.1, -0.05) is 18.2 Å². The second-order valence-corrected chi connectivity index (χ2v) is 5.40. The molecule has 1 aromatic carbocycles. The topological polar surface area (TPSA) is 15.3 Å². The van der Waals surface area contributed by atoms with Gasteiger partial charge < -0.3 is 10.2 Å². The van der Waals surface area contributed by atoms with Crippen LogP contribution in [0.5, 0.6) is 0 Å². The molecule has 2 nitrogen and oxygen atoms in total. The molecule has 2 heteroatoms. The fourth-order valence-electron chi connectivity index (χ4n) is 2.73. The summed E-state index contributed by atoms with van der Waals surface area (Å²) < 4.78 is 0. The molecule has 1 N–H and O–H groups in total. The Bertz CT molecular complexity index is 371. The zero-order chi connectivity index (χ0) is 11.8. The highest BCUT2D eigenvalue weighted by Gasteiger charge is 2.37. The summed E-state index contributed by atoms with van der Waals surface area (Å²) in [6.07, 6.45) is 1.21. The number of nitrogens with zero attached hydrogens (tertiary/aromatic N) is 1. The van der Waals surface area contributed by atoms with E-state index in [1.165, 1.54) is 17.7 Å². The maximum absolute atomic E-state index is 3.40. The number of para-hydroxylation sites is 1. The van der Waals surface area contributed by atoms with Crippen LogP contribution in [-0.2, 0) is 0 Å². The molecule has 0 aromatic heterocycles. The molecule has 1 atom stereocenters. The van der Waals surface area contributed by atoms with E-state index in [9.17, 15) is 0 Å². The molecular weight excluding hydrogens is 196 g/mol. The van der Waals surface area contributed by atoms with E-state index in [-0.39, 0.29) is 5.54 Å². The van der Waals surface area contributed by atoms with Crippen LogP contribution in [0, 0.1) is 6.92 Å². The highest BCUT2D eigenvalue weighted by atomic mass is 15.2. The maximum Gasteiger partial charge on any atom is 0.0400 e. The smallest absolute Gasteiger partial charge is 0.0400 e. The summed E-state index contributed by atoms with van der Waals surface area (Å²) in [4.78, 5) is 2.53. The average molecular weight is 218 g/mol. The number of aryl methyl sites for hydroxylation is 1. The fraction of sp³-hybridized carbons (Fsp3) is 0.571. The van der Waals surface area contributed by atoms with Crippen LogP contribution in [0.1, 0.15) is 25.8 Å². The van der Waals surface area contributed by atoms with Crippen molar-refractivity contribution < 1.29 is 0 Å². The third kappa shape index (κ3) is 1.94. The summed E-state index contributed by atoms with van der Waals surface area (Å²) in [5.41, 5.74) is 3.00. The minimum Gasteiger partial charge on any atom is -0.365 e. The second kappa shape index (κ2) is 4.10. The summed E-state index contributed by atoms with van der Waals surface area (Å²) in [6.45, 7) is 7.96. The van der Waals surface area contributed by atoms with E-state index < -0.39 is 0 Å². The van der Waals surface area contributed by atoms with Gasteiger partial charge in [0.05, 0.1) is 0 Å². The monoisotopic (exact) mass is 218 g/mol. The summed E-state index contributed by atoms with van der Waals surface area (Å²) in [5, 5.41) is 3.40. The molecule has 1 aliphatic rings. The molecule has 1 fully saturated rings. The first kappa shape index (κ1) is 11.5. The van der Waals surface area contributed by atoms with Gasteiger partial charge in [0.25, 0.3) is 0 Å². The highest BCUT2D eigenvalue weighted by molar-refractivity contribution is 5.56. The molecule has 16 heavy (non-hydrogen) atoms. The molecule has 2 rings (SSSR count). The number of hydrogen-bond donors (Lipinski definition) is 1. The molecule has 0 spiro atoms. The minimum absolute atomic E-state index is 0.250. The van der Waals surface area contributed by atoms with Crippen molar-refractivity contribution in [3.8, 4) is 0 Å². The number of rotatable bonds is 2. The molecule has 1 heterocycles. The SMILES string of the molecule is CNC1CN(c2ccccc2C)C(C)(C)C1. The molecule has 0 radical (unpaired) electrons. The van der Waals surface area contributed by atoms with Crippen molar-refractivity contribution in [2.75, 3.05) is 18.5 Å². The van der Waals surface area contributed by atoms with Gasteiger partial charge in [0, 0.05) is 23.8 Å². The molecule has 1 unspecified atom stereocenters. The van der Waals surface area contributed by atoms with Gasteiger partial charge in [0.2, 0.25) is 0 Å². The highest BCUT2D eigenvalue weighted by Crippen LogP contribution is 2.35. The number of benzene rings is 1. The van der Waals surface area contributed by atoms with Crippen LogP contribution in [0.25, 0.3) is 0 Å². The molecule has 88 valence electrons. The van der Waals surface area contributed by atoms with Crippen molar-refractivity contribution in [1.29, 1.82) is 0 Å². The van der Waals surface area contributed by atoms with E-state index in [4.69, 9.17) is 0 Å². The Labute approximate surface area is 98.7 Å². The number of anilines is 1. The Morgan fingerprint density at radius 2 is 2.00 bits per heavy atom. The van der Waals surface area contributed by atoms with E-state index in [1.807, 2.05) is 0 Å². The van der Waals surface area contributed by atoms with Gasteiger partial charge in [0.15, 0.2) is 0 Å². The molecule has 0 bridgehead atoms. The van der Waals surface area contributed by atoms with Crippen LogP contribution in [0.2, 0.25) is 0 Å². The molecule has 0 amide bonds. The van der Waals surface area contributed by atoms with Gasteiger partial charge in [-0.05, 0) is 45.9 Å². The lowest BCUT2D eigenvalue weighted by atomic mass is 9.99. The lowest BCUT2D eigenvalue weighted by Gasteiger charge is -2.34. The lowest BCUT2D eigenvalue weighted by molar-refractivity contribution is 0.487. The molecule has 0 aliphatic carbocycles. The van der Waals surface area contributed by atoms with Gasteiger partial charge in [0.1, 0.15) is 0 Å². The molecule has 0 saturated carbocycles. The molecule has 1 aliphatic heterocycles. The van der Waals surface area contributed by atoms with Gasteiger partial charge >= 0.3 is 0 Å². The fourth-order valence-corrected chi connectivity index (χ4v) is 2.73. The zero-order valence-corrected chi connectivity index (χ0v) is 10.7. The summed E-state index contributed by atoms with van der Waals surface area (Å²) in [7, 11) is 2.06. The van der Waals surface area contributed by atoms with Crippen LogP contribution in [-0.4, -0.2) is 25.2 Å². The van der Waals surface area contributed by atoms with Crippen LogP contribution in [0.3, 0.4) is 0 Å². The van der Waals surface area contributed by atoms with Crippen molar-refractivity contribution in [1.82, 2.24) is 5.32 Å². The number of hydrogen-bond acceptors (Lipinski definition) is 2. The van der Waals surface area contributed by atoms with Crippen molar-refractivity contribution in [3.63, 3.8) is 0 Å². The van der Waals surface area contributed by atoms with Crippen molar-refractivity contribution >= 4 is 5.69 Å². The third-order valence-corrected chi connectivity index (χ3v) is 3.69. The Kier molecular flexibility index (Phi) is 2.94. The second-order valence-electron chi connectivity index (χ2n) is 5.40. The van der Waals surface area contributed by atoms with Crippen molar-refractivity contribution in [2.45, 2.75) is 38.8 Å². The van der Waals surface area contributed by atoms with Crippen molar-refractivity contribution in [3.05, 3.63) is 29.8 Å². The van der Waals surface area contributed by atoms with Crippen LogP contribution < -0.4 is 10.2 Å². The standard InChI is InChI=1S/C14H22N2/c1-11-7-5-6-8-13(11)16-10-12(15-4)9-14(16,2)3/h5-8,12,15H,9-10H2,1-4H3. The first-order chi connectivity index (χ1) is 7.54. The van der Waals surface area contributed by atoms with Crippen LogP contribution in [0.15, 0.2) is 24.3 Å². The van der Waals surface area contributed by atoms with Gasteiger partial charge in [-0.2, -0.15) is 0 Å². The van der Waals surface area contributed by atoms with Crippen molar-refractivity contribution in [2.24, 2.45) is 0 Å². The number of likely N-dealkylation sites (N-methyl/N-ethyl adjacent to an activating group) is 1. The molecule has 1 saturated heterocycles. The quantitative estimate of drug-likeness (QED) is 0.820. The van der Waals surface area contributed by atoms with E-state index >= 15 is 0 Å². The van der Waals surface area contributed by atoms with E-state index in [2.05, 4.69) is 62.3 Å².